The molecule has 0 spiro atoms. The molecule has 0 saturated heterocycles. The molecule has 7 nitrogen and oxygen atoms in total. The molecule has 0 aliphatic heterocycles. The van der Waals surface area contributed by atoms with E-state index in [4.69, 9.17) is 9.47 Å². The number of likely N-dealkylation sites (N-methyl/N-ethyl adjacent to an activating group) is 1. The first-order valence-electron chi connectivity index (χ1n) is 9.68. The Morgan fingerprint density at radius 2 is 1.83 bits per heavy atom. The van der Waals surface area contributed by atoms with E-state index in [1.54, 1.807) is 21.0 Å². The zero-order chi connectivity index (χ0) is 21.4. The molecule has 0 bridgehead atoms. The summed E-state index contributed by atoms with van der Waals surface area (Å²) in [6.45, 7) is 4.50. The summed E-state index contributed by atoms with van der Waals surface area (Å²) in [5, 5.41) is 2.99. The summed E-state index contributed by atoms with van der Waals surface area (Å²) in [7, 11) is 5.54. The Labute approximate surface area is 172 Å². The summed E-state index contributed by atoms with van der Waals surface area (Å²) >= 11 is 0. The van der Waals surface area contributed by atoms with Gasteiger partial charge < -0.3 is 24.7 Å². The van der Waals surface area contributed by atoms with Gasteiger partial charge in [-0.25, -0.2) is 4.79 Å². The number of hydrogen-bond donors (Lipinski definition) is 2. The number of esters is 1. The van der Waals surface area contributed by atoms with Gasteiger partial charge in [0.1, 0.15) is 12.3 Å². The molecule has 1 atom stereocenters. The van der Waals surface area contributed by atoms with Crippen LogP contribution in [0.2, 0.25) is 0 Å². The van der Waals surface area contributed by atoms with Crippen molar-refractivity contribution in [3.63, 3.8) is 0 Å². The molecule has 0 aliphatic carbocycles. The number of aromatic nitrogens is 1. The SMILES string of the molecule is COCCOC(=O)c1c(C)[nH]c(C(=O)NCC(Cc2ccccc2)N(C)C)c1C. The predicted octanol–water partition coefficient (Wildman–Crippen LogP) is 2.34. The molecule has 1 amide bonds. The molecule has 1 unspecified atom stereocenters. The number of rotatable bonds is 10. The van der Waals surface area contributed by atoms with Gasteiger partial charge in [-0.05, 0) is 45.5 Å². The Hall–Kier alpha value is -2.64. The second-order valence-electron chi connectivity index (χ2n) is 7.27. The standard InChI is InChI=1S/C22H31N3O4/c1-15-19(22(27)29-12-11-28-5)16(2)24-20(15)21(26)23-14-18(25(3)4)13-17-9-7-6-8-10-17/h6-10,18,24H,11-14H2,1-5H3,(H,23,26). The molecule has 0 saturated carbocycles. The minimum absolute atomic E-state index is 0.149. The molecule has 0 fully saturated rings. The van der Waals surface area contributed by atoms with Crippen molar-refractivity contribution in [3.05, 3.63) is 58.4 Å². The highest BCUT2D eigenvalue weighted by atomic mass is 16.6. The molecule has 1 aromatic heterocycles. The average Bonchev–Trinajstić information content (AvgIpc) is 2.99. The van der Waals surface area contributed by atoms with E-state index in [0.29, 0.717) is 35.7 Å². The van der Waals surface area contributed by atoms with Crippen molar-refractivity contribution >= 4 is 11.9 Å². The molecule has 2 rings (SSSR count). The van der Waals surface area contributed by atoms with Gasteiger partial charge in [0.15, 0.2) is 0 Å². The first-order valence-corrected chi connectivity index (χ1v) is 9.68. The molecule has 1 aromatic carbocycles. The van der Waals surface area contributed by atoms with Crippen molar-refractivity contribution in [2.75, 3.05) is 41.0 Å². The third kappa shape index (κ3) is 6.17. The Morgan fingerprint density at radius 3 is 2.45 bits per heavy atom. The molecule has 7 heteroatoms. The largest absolute Gasteiger partial charge is 0.460 e. The van der Waals surface area contributed by atoms with Crippen LogP contribution in [0.3, 0.4) is 0 Å². The van der Waals surface area contributed by atoms with Gasteiger partial charge in [-0.2, -0.15) is 0 Å². The molecule has 2 N–H and O–H groups in total. The first kappa shape index (κ1) is 22.6. The van der Waals surface area contributed by atoms with Crippen molar-refractivity contribution in [3.8, 4) is 0 Å². The quantitative estimate of drug-likeness (QED) is 0.472. The van der Waals surface area contributed by atoms with E-state index in [1.807, 2.05) is 32.3 Å². The van der Waals surface area contributed by atoms with Crippen LogP contribution in [0.4, 0.5) is 0 Å². The summed E-state index contributed by atoms with van der Waals surface area (Å²) in [5.74, 6) is -0.691. The predicted molar refractivity (Wildman–Crippen MR) is 112 cm³/mol. The maximum atomic E-state index is 12.8. The van der Waals surface area contributed by atoms with E-state index in [9.17, 15) is 9.59 Å². The molecular formula is C22H31N3O4. The number of nitrogens with zero attached hydrogens (tertiary/aromatic N) is 1. The Kier molecular flexibility index (Phi) is 8.42. The van der Waals surface area contributed by atoms with E-state index >= 15 is 0 Å². The van der Waals surface area contributed by atoms with Crippen molar-refractivity contribution < 1.29 is 19.1 Å². The number of hydrogen-bond acceptors (Lipinski definition) is 5. The highest BCUT2D eigenvalue weighted by Crippen LogP contribution is 2.19. The summed E-state index contributed by atoms with van der Waals surface area (Å²) < 4.78 is 10.1. The van der Waals surface area contributed by atoms with Crippen LogP contribution in [0.25, 0.3) is 0 Å². The maximum absolute atomic E-state index is 12.8. The van der Waals surface area contributed by atoms with Crippen LogP contribution in [0, 0.1) is 13.8 Å². The van der Waals surface area contributed by atoms with Crippen LogP contribution in [0.5, 0.6) is 0 Å². The van der Waals surface area contributed by atoms with Gasteiger partial charge in [0.25, 0.3) is 5.91 Å². The summed E-state index contributed by atoms with van der Waals surface area (Å²) in [5.41, 5.74) is 3.21. The second kappa shape index (κ2) is 10.8. The molecular weight excluding hydrogens is 370 g/mol. The Morgan fingerprint density at radius 1 is 1.14 bits per heavy atom. The molecule has 0 aliphatic rings. The third-order valence-electron chi connectivity index (χ3n) is 4.93. The number of amides is 1. The van der Waals surface area contributed by atoms with Crippen LogP contribution < -0.4 is 5.32 Å². The topological polar surface area (TPSA) is 83.7 Å². The summed E-state index contributed by atoms with van der Waals surface area (Å²) in [4.78, 5) is 30.2. The average molecular weight is 402 g/mol. The Balaban J connectivity index is 2.04. The van der Waals surface area contributed by atoms with Crippen molar-refractivity contribution in [1.29, 1.82) is 0 Å². The lowest BCUT2D eigenvalue weighted by molar-refractivity contribution is 0.0387. The number of ether oxygens (including phenoxy) is 2. The Bertz CT molecular complexity index is 815. The van der Waals surface area contributed by atoms with E-state index in [-0.39, 0.29) is 18.6 Å². The summed E-state index contributed by atoms with van der Waals surface area (Å²) in [6.07, 6.45) is 0.827. The molecule has 29 heavy (non-hydrogen) atoms. The van der Waals surface area contributed by atoms with E-state index < -0.39 is 5.97 Å². The minimum Gasteiger partial charge on any atom is -0.460 e. The van der Waals surface area contributed by atoms with Crippen LogP contribution in [0.1, 0.15) is 37.7 Å². The monoisotopic (exact) mass is 401 g/mol. The first-order chi connectivity index (χ1) is 13.8. The number of carbonyl (C=O) groups excluding carboxylic acids is 2. The van der Waals surface area contributed by atoms with Crippen LogP contribution in [0.15, 0.2) is 30.3 Å². The molecule has 158 valence electrons. The number of methoxy groups -OCH3 is 1. The van der Waals surface area contributed by atoms with Gasteiger partial charge in [0, 0.05) is 25.4 Å². The lowest BCUT2D eigenvalue weighted by Gasteiger charge is -2.24. The minimum atomic E-state index is -0.456. The lowest BCUT2D eigenvalue weighted by Crippen LogP contribution is -2.41. The number of H-pyrrole nitrogens is 1. The van der Waals surface area contributed by atoms with Crippen LogP contribution in [-0.4, -0.2) is 68.8 Å². The fraction of sp³-hybridized carbons (Fsp3) is 0.455. The van der Waals surface area contributed by atoms with Crippen molar-refractivity contribution in [2.45, 2.75) is 26.3 Å². The smallest absolute Gasteiger partial charge is 0.340 e. The van der Waals surface area contributed by atoms with Gasteiger partial charge in [0.2, 0.25) is 0 Å². The van der Waals surface area contributed by atoms with E-state index in [2.05, 4.69) is 27.3 Å². The highest BCUT2D eigenvalue weighted by molar-refractivity contribution is 6.00. The number of aryl methyl sites for hydroxylation is 1. The van der Waals surface area contributed by atoms with Gasteiger partial charge in [-0.15, -0.1) is 0 Å². The van der Waals surface area contributed by atoms with Crippen molar-refractivity contribution in [2.24, 2.45) is 0 Å². The van der Waals surface area contributed by atoms with Gasteiger partial charge in [0.05, 0.1) is 12.2 Å². The molecule has 1 heterocycles. The van der Waals surface area contributed by atoms with Crippen molar-refractivity contribution in [1.82, 2.24) is 15.2 Å². The number of benzene rings is 1. The van der Waals surface area contributed by atoms with Gasteiger partial charge in [-0.3, -0.25) is 4.79 Å². The lowest BCUT2D eigenvalue weighted by atomic mass is 10.0. The zero-order valence-corrected chi connectivity index (χ0v) is 17.9. The second-order valence-corrected chi connectivity index (χ2v) is 7.27. The maximum Gasteiger partial charge on any atom is 0.340 e. The summed E-state index contributed by atoms with van der Waals surface area (Å²) in [6, 6.07) is 10.3. The zero-order valence-electron chi connectivity index (χ0n) is 17.9. The number of aromatic amines is 1. The number of carbonyl (C=O) groups is 2. The normalized spacial score (nSPS) is 12.1. The molecule has 2 aromatic rings. The van der Waals surface area contributed by atoms with Gasteiger partial charge in [-0.1, -0.05) is 30.3 Å². The molecule has 0 radical (unpaired) electrons. The van der Waals surface area contributed by atoms with E-state index in [0.717, 1.165) is 6.42 Å². The van der Waals surface area contributed by atoms with Crippen LogP contribution >= 0.6 is 0 Å². The van der Waals surface area contributed by atoms with E-state index in [1.165, 1.54) is 5.56 Å². The van der Waals surface area contributed by atoms with Crippen LogP contribution in [-0.2, 0) is 15.9 Å². The van der Waals surface area contributed by atoms with Gasteiger partial charge >= 0.3 is 5.97 Å². The fourth-order valence-electron chi connectivity index (χ4n) is 3.20. The fourth-order valence-corrected chi connectivity index (χ4v) is 3.20. The third-order valence-corrected chi connectivity index (χ3v) is 4.93. The highest BCUT2D eigenvalue weighted by Gasteiger charge is 2.23. The number of nitrogens with one attached hydrogen (secondary N) is 2.